The number of furan rings is 1. The number of piperidine rings is 1. The SMILES string of the molecule is CCOc1cc2c(cc1CNC[C@@H](c1ccco1)N1CCCCC1)O[C@H](C)C2. The van der Waals surface area contributed by atoms with Gasteiger partial charge < -0.3 is 19.2 Å². The van der Waals surface area contributed by atoms with Crippen LogP contribution in [0.5, 0.6) is 11.5 Å². The molecule has 1 saturated heterocycles. The van der Waals surface area contributed by atoms with Crippen LogP contribution < -0.4 is 14.8 Å². The summed E-state index contributed by atoms with van der Waals surface area (Å²) in [7, 11) is 0. The summed E-state index contributed by atoms with van der Waals surface area (Å²) < 4.78 is 17.6. The molecule has 0 spiro atoms. The first kappa shape index (κ1) is 19.3. The highest BCUT2D eigenvalue weighted by atomic mass is 16.5. The van der Waals surface area contributed by atoms with E-state index in [2.05, 4.69) is 35.3 Å². The normalized spacial score (nSPS) is 20.6. The highest BCUT2D eigenvalue weighted by molar-refractivity contribution is 5.48. The average molecular weight is 385 g/mol. The van der Waals surface area contributed by atoms with Gasteiger partial charge in [0.25, 0.3) is 0 Å². The summed E-state index contributed by atoms with van der Waals surface area (Å²) in [6.07, 6.45) is 6.85. The zero-order valence-corrected chi connectivity index (χ0v) is 17.1. The molecule has 2 aliphatic heterocycles. The molecule has 152 valence electrons. The third-order valence-electron chi connectivity index (χ3n) is 5.74. The van der Waals surface area contributed by atoms with Crippen LogP contribution >= 0.6 is 0 Å². The largest absolute Gasteiger partial charge is 0.494 e. The molecule has 4 rings (SSSR count). The second-order valence-corrected chi connectivity index (χ2v) is 7.89. The Bertz CT molecular complexity index is 753. The highest BCUT2D eigenvalue weighted by Gasteiger charge is 2.25. The second kappa shape index (κ2) is 9.01. The van der Waals surface area contributed by atoms with Crippen molar-refractivity contribution in [2.75, 3.05) is 26.2 Å². The van der Waals surface area contributed by atoms with E-state index in [9.17, 15) is 0 Å². The molecule has 3 heterocycles. The van der Waals surface area contributed by atoms with E-state index in [0.717, 1.165) is 55.4 Å². The maximum Gasteiger partial charge on any atom is 0.124 e. The van der Waals surface area contributed by atoms with Gasteiger partial charge in [-0.05, 0) is 64.0 Å². The molecule has 1 aromatic carbocycles. The molecule has 2 aliphatic rings. The standard InChI is InChI=1S/C23H32N2O3/c1-3-26-22-13-18-12-17(2)28-23(18)14-19(22)15-24-16-20(21-8-7-11-27-21)25-9-5-4-6-10-25/h7-8,11,13-14,17,20,24H,3-6,9-10,12,15-16H2,1-2H3/t17-,20+/m1/s1. The van der Waals surface area contributed by atoms with Crippen molar-refractivity contribution < 1.29 is 13.9 Å². The molecular weight excluding hydrogens is 352 g/mol. The van der Waals surface area contributed by atoms with Gasteiger partial charge in [-0.2, -0.15) is 0 Å². The van der Waals surface area contributed by atoms with Crippen LogP contribution in [0.25, 0.3) is 0 Å². The molecule has 0 unspecified atom stereocenters. The predicted octanol–water partition coefficient (Wildman–Crippen LogP) is 4.32. The first-order valence-corrected chi connectivity index (χ1v) is 10.7. The van der Waals surface area contributed by atoms with Gasteiger partial charge in [0, 0.05) is 30.6 Å². The first-order chi connectivity index (χ1) is 13.7. The summed E-state index contributed by atoms with van der Waals surface area (Å²) in [5.74, 6) is 3.02. The smallest absolute Gasteiger partial charge is 0.124 e. The molecule has 5 heteroatoms. The molecule has 0 bridgehead atoms. The maximum absolute atomic E-state index is 5.96. The second-order valence-electron chi connectivity index (χ2n) is 7.89. The Morgan fingerprint density at radius 3 is 2.86 bits per heavy atom. The fourth-order valence-corrected chi connectivity index (χ4v) is 4.37. The minimum Gasteiger partial charge on any atom is -0.494 e. The Morgan fingerprint density at radius 2 is 2.11 bits per heavy atom. The minimum absolute atomic E-state index is 0.245. The van der Waals surface area contributed by atoms with Gasteiger partial charge in [0.15, 0.2) is 0 Å². The highest BCUT2D eigenvalue weighted by Crippen LogP contribution is 2.35. The van der Waals surface area contributed by atoms with Crippen molar-refractivity contribution in [2.24, 2.45) is 0 Å². The number of hydrogen-bond acceptors (Lipinski definition) is 5. The fourth-order valence-electron chi connectivity index (χ4n) is 4.37. The van der Waals surface area contributed by atoms with Crippen LogP contribution in [0.1, 0.15) is 56.0 Å². The molecule has 0 aliphatic carbocycles. The monoisotopic (exact) mass is 384 g/mol. The lowest BCUT2D eigenvalue weighted by molar-refractivity contribution is 0.142. The molecule has 5 nitrogen and oxygen atoms in total. The van der Waals surface area contributed by atoms with Crippen LogP contribution in [0.15, 0.2) is 34.9 Å². The number of likely N-dealkylation sites (tertiary alicyclic amines) is 1. The fraction of sp³-hybridized carbons (Fsp3) is 0.565. The van der Waals surface area contributed by atoms with Crippen molar-refractivity contribution in [3.8, 4) is 11.5 Å². The number of fused-ring (bicyclic) bond motifs is 1. The molecule has 28 heavy (non-hydrogen) atoms. The molecule has 2 aromatic rings. The van der Waals surface area contributed by atoms with Crippen molar-refractivity contribution in [1.29, 1.82) is 0 Å². The number of rotatable bonds is 8. The number of hydrogen-bond donors (Lipinski definition) is 1. The Morgan fingerprint density at radius 1 is 1.25 bits per heavy atom. The number of ether oxygens (including phenoxy) is 2. The van der Waals surface area contributed by atoms with Gasteiger partial charge in [0.05, 0.1) is 18.9 Å². The summed E-state index contributed by atoms with van der Waals surface area (Å²) >= 11 is 0. The molecule has 2 atom stereocenters. The van der Waals surface area contributed by atoms with Crippen LogP contribution in [0.3, 0.4) is 0 Å². The van der Waals surface area contributed by atoms with Crippen molar-refractivity contribution >= 4 is 0 Å². The van der Waals surface area contributed by atoms with E-state index in [4.69, 9.17) is 13.9 Å². The van der Waals surface area contributed by atoms with Gasteiger partial charge in [-0.1, -0.05) is 6.42 Å². The van der Waals surface area contributed by atoms with E-state index in [1.807, 2.05) is 13.0 Å². The molecule has 1 N–H and O–H groups in total. The van der Waals surface area contributed by atoms with Crippen molar-refractivity contribution in [3.05, 3.63) is 47.4 Å². The average Bonchev–Trinajstić information content (AvgIpc) is 3.35. The Kier molecular flexibility index (Phi) is 6.23. The van der Waals surface area contributed by atoms with E-state index in [-0.39, 0.29) is 12.1 Å². The lowest BCUT2D eigenvalue weighted by Gasteiger charge is -2.33. The van der Waals surface area contributed by atoms with E-state index in [0.29, 0.717) is 6.61 Å². The minimum atomic E-state index is 0.245. The zero-order chi connectivity index (χ0) is 19.3. The van der Waals surface area contributed by atoms with Gasteiger partial charge in [-0.3, -0.25) is 4.90 Å². The molecule has 1 aromatic heterocycles. The summed E-state index contributed by atoms with van der Waals surface area (Å²) in [5.41, 5.74) is 2.41. The lowest BCUT2D eigenvalue weighted by Crippen LogP contribution is -2.38. The van der Waals surface area contributed by atoms with Gasteiger partial charge >= 0.3 is 0 Å². The molecule has 0 saturated carbocycles. The third kappa shape index (κ3) is 4.36. The Balaban J connectivity index is 1.45. The van der Waals surface area contributed by atoms with Crippen LogP contribution in [-0.4, -0.2) is 37.2 Å². The Hall–Kier alpha value is -1.98. The number of benzene rings is 1. The lowest BCUT2D eigenvalue weighted by atomic mass is 10.1. The molecule has 0 radical (unpaired) electrons. The van der Waals surface area contributed by atoms with Gasteiger partial charge in [-0.15, -0.1) is 0 Å². The molecule has 1 fully saturated rings. The summed E-state index contributed by atoms with van der Waals surface area (Å²) in [4.78, 5) is 2.55. The summed E-state index contributed by atoms with van der Waals surface area (Å²) in [5, 5.41) is 3.65. The van der Waals surface area contributed by atoms with Gasteiger partial charge in [0.2, 0.25) is 0 Å². The molecular formula is C23H32N2O3. The zero-order valence-electron chi connectivity index (χ0n) is 17.1. The maximum atomic E-state index is 5.96. The van der Waals surface area contributed by atoms with E-state index in [1.54, 1.807) is 6.26 Å². The summed E-state index contributed by atoms with van der Waals surface area (Å²) in [6, 6.07) is 8.67. The predicted molar refractivity (Wildman–Crippen MR) is 110 cm³/mol. The van der Waals surface area contributed by atoms with Crippen LogP contribution in [0.2, 0.25) is 0 Å². The van der Waals surface area contributed by atoms with Crippen molar-refractivity contribution in [3.63, 3.8) is 0 Å². The van der Waals surface area contributed by atoms with E-state index in [1.165, 1.54) is 24.8 Å². The number of nitrogens with zero attached hydrogens (tertiary/aromatic N) is 1. The quantitative estimate of drug-likeness (QED) is 0.734. The topological polar surface area (TPSA) is 46.9 Å². The van der Waals surface area contributed by atoms with Crippen molar-refractivity contribution in [2.45, 2.75) is 58.2 Å². The van der Waals surface area contributed by atoms with Crippen molar-refractivity contribution in [1.82, 2.24) is 10.2 Å². The third-order valence-corrected chi connectivity index (χ3v) is 5.74. The Labute approximate surface area is 168 Å². The summed E-state index contributed by atoms with van der Waals surface area (Å²) in [6.45, 7) is 8.71. The van der Waals surface area contributed by atoms with Gasteiger partial charge in [0.1, 0.15) is 23.4 Å². The van der Waals surface area contributed by atoms with Gasteiger partial charge in [-0.25, -0.2) is 0 Å². The van der Waals surface area contributed by atoms with E-state index >= 15 is 0 Å². The van der Waals surface area contributed by atoms with Crippen LogP contribution in [0.4, 0.5) is 0 Å². The van der Waals surface area contributed by atoms with Crippen LogP contribution in [0, 0.1) is 0 Å². The first-order valence-electron chi connectivity index (χ1n) is 10.7. The van der Waals surface area contributed by atoms with Crippen LogP contribution in [-0.2, 0) is 13.0 Å². The number of nitrogens with one attached hydrogen (secondary N) is 1. The van der Waals surface area contributed by atoms with E-state index < -0.39 is 0 Å². The molecule has 0 amide bonds.